The van der Waals surface area contributed by atoms with E-state index < -0.39 is 5.69 Å². The number of nitrogens with one attached hydrogen (secondary N) is 1. The molecule has 0 amide bonds. The van der Waals surface area contributed by atoms with E-state index in [1.54, 1.807) is 30.5 Å². The molecule has 0 bridgehead atoms. The lowest BCUT2D eigenvalue weighted by molar-refractivity contribution is 0.371. The van der Waals surface area contributed by atoms with Gasteiger partial charge in [-0.25, -0.2) is 4.79 Å². The molecule has 2 aromatic heterocycles. The van der Waals surface area contributed by atoms with Gasteiger partial charge in [0.25, 0.3) is 5.56 Å². The van der Waals surface area contributed by atoms with E-state index in [-0.39, 0.29) is 18.7 Å². The van der Waals surface area contributed by atoms with Gasteiger partial charge in [0, 0.05) is 22.7 Å². The molecule has 1 N–H and O–H groups in total. The number of pyridine rings is 1. The van der Waals surface area contributed by atoms with Crippen LogP contribution < -0.4 is 16.0 Å². The van der Waals surface area contributed by atoms with Crippen LogP contribution in [0.4, 0.5) is 0 Å². The molecule has 0 aliphatic rings. The van der Waals surface area contributed by atoms with E-state index in [0.717, 1.165) is 10.9 Å². The molecule has 0 fully saturated rings. The van der Waals surface area contributed by atoms with Crippen molar-refractivity contribution in [2.75, 3.05) is 6.61 Å². The van der Waals surface area contributed by atoms with E-state index in [4.69, 9.17) is 11.2 Å². The molecule has 0 aliphatic carbocycles. The molecule has 2 heterocycles. The molecular formula is C26H23N3O3. The maximum atomic E-state index is 13.1. The molecule has 0 atom stereocenters. The molecule has 4 rings (SSSR count). The summed E-state index contributed by atoms with van der Waals surface area (Å²) in [6.45, 7) is 4.50. The topological polar surface area (TPSA) is 77.0 Å². The third-order valence-electron chi connectivity index (χ3n) is 5.35. The van der Waals surface area contributed by atoms with Gasteiger partial charge < -0.3 is 9.72 Å². The maximum Gasteiger partial charge on any atom is 0.348 e. The molecule has 0 unspecified atom stereocenters. The molecular weight excluding hydrogens is 402 g/mol. The standard InChI is InChI=1S/C26H23N3O3/c1-4-14-32-21-11-12-23-22(15-21)24(19-9-7-18(8-10-19)17(2)3)28-26(31)29(23)16-20-6-5-13-27-25(20)30/h1,5-13,15,17H,14,16H2,2-3H3,(H,27,30). The lowest BCUT2D eigenvalue weighted by atomic mass is 9.99. The van der Waals surface area contributed by atoms with Crippen LogP contribution in [0.1, 0.15) is 30.9 Å². The van der Waals surface area contributed by atoms with Crippen LogP contribution in [0.15, 0.2) is 70.4 Å². The van der Waals surface area contributed by atoms with Crippen LogP contribution in [-0.2, 0) is 6.54 Å². The van der Waals surface area contributed by atoms with Gasteiger partial charge in [-0.15, -0.1) is 6.42 Å². The number of terminal acetylenes is 1. The largest absolute Gasteiger partial charge is 0.481 e. The summed E-state index contributed by atoms with van der Waals surface area (Å²) in [5.41, 5.74) is 3.05. The van der Waals surface area contributed by atoms with E-state index in [0.29, 0.717) is 28.4 Å². The molecule has 32 heavy (non-hydrogen) atoms. The monoisotopic (exact) mass is 425 g/mol. The summed E-state index contributed by atoms with van der Waals surface area (Å²) in [5, 5.41) is 0.740. The number of aromatic nitrogens is 3. The average molecular weight is 425 g/mol. The number of hydrogen-bond donors (Lipinski definition) is 1. The zero-order chi connectivity index (χ0) is 22.7. The number of aromatic amines is 1. The predicted molar refractivity (Wildman–Crippen MR) is 126 cm³/mol. The Balaban J connectivity index is 1.92. The molecule has 0 saturated heterocycles. The van der Waals surface area contributed by atoms with Crippen molar-refractivity contribution in [2.45, 2.75) is 26.3 Å². The van der Waals surface area contributed by atoms with Crippen LogP contribution in [0.3, 0.4) is 0 Å². The minimum atomic E-state index is -0.430. The highest BCUT2D eigenvalue weighted by Crippen LogP contribution is 2.30. The van der Waals surface area contributed by atoms with Gasteiger partial charge in [-0.05, 0) is 35.7 Å². The van der Waals surface area contributed by atoms with Gasteiger partial charge in [0.1, 0.15) is 12.4 Å². The second kappa shape index (κ2) is 8.94. The molecule has 0 radical (unpaired) electrons. The Hall–Kier alpha value is -4.11. The maximum absolute atomic E-state index is 13.1. The van der Waals surface area contributed by atoms with Crippen molar-refractivity contribution in [3.8, 4) is 29.4 Å². The predicted octanol–water partition coefficient (Wildman–Crippen LogP) is 3.94. The molecule has 160 valence electrons. The zero-order valence-corrected chi connectivity index (χ0v) is 18.0. The fraction of sp³-hybridized carbons (Fsp3) is 0.192. The third kappa shape index (κ3) is 4.19. The molecule has 4 aromatic rings. The summed E-state index contributed by atoms with van der Waals surface area (Å²) in [6.07, 6.45) is 6.89. The highest BCUT2D eigenvalue weighted by molar-refractivity contribution is 5.93. The van der Waals surface area contributed by atoms with Gasteiger partial charge in [0.05, 0.1) is 17.8 Å². The van der Waals surface area contributed by atoms with E-state index in [9.17, 15) is 9.59 Å². The lowest BCUT2D eigenvalue weighted by Gasteiger charge is -2.14. The van der Waals surface area contributed by atoms with Gasteiger partial charge in [-0.1, -0.05) is 50.1 Å². The van der Waals surface area contributed by atoms with E-state index in [1.165, 1.54) is 10.1 Å². The van der Waals surface area contributed by atoms with Crippen molar-refractivity contribution in [2.24, 2.45) is 0 Å². The number of fused-ring (bicyclic) bond motifs is 1. The summed E-state index contributed by atoms with van der Waals surface area (Å²) in [5.74, 6) is 3.44. The lowest BCUT2D eigenvalue weighted by Crippen LogP contribution is -2.27. The quantitative estimate of drug-likeness (QED) is 0.475. The molecule has 0 spiro atoms. The van der Waals surface area contributed by atoms with Crippen LogP contribution >= 0.6 is 0 Å². The summed E-state index contributed by atoms with van der Waals surface area (Å²) < 4.78 is 7.10. The smallest absolute Gasteiger partial charge is 0.348 e. The highest BCUT2D eigenvalue weighted by Gasteiger charge is 2.15. The third-order valence-corrected chi connectivity index (χ3v) is 5.35. The summed E-state index contributed by atoms with van der Waals surface area (Å²) >= 11 is 0. The number of rotatable bonds is 6. The highest BCUT2D eigenvalue weighted by atomic mass is 16.5. The second-order valence-corrected chi connectivity index (χ2v) is 7.80. The minimum Gasteiger partial charge on any atom is -0.481 e. The number of benzene rings is 2. The van der Waals surface area contributed by atoms with Gasteiger partial charge >= 0.3 is 5.69 Å². The Kier molecular flexibility index (Phi) is 5.91. The number of hydrogen-bond acceptors (Lipinski definition) is 4. The Morgan fingerprint density at radius 2 is 1.91 bits per heavy atom. The fourth-order valence-corrected chi connectivity index (χ4v) is 3.62. The van der Waals surface area contributed by atoms with Crippen molar-refractivity contribution in [3.63, 3.8) is 0 Å². The van der Waals surface area contributed by atoms with Crippen molar-refractivity contribution in [1.82, 2.24) is 14.5 Å². The number of H-pyrrole nitrogens is 1. The number of nitrogens with zero attached hydrogens (tertiary/aromatic N) is 2. The number of ether oxygens (including phenoxy) is 1. The Bertz CT molecular complexity index is 1420. The first-order valence-electron chi connectivity index (χ1n) is 10.4. The van der Waals surface area contributed by atoms with Gasteiger partial charge in [0.2, 0.25) is 0 Å². The van der Waals surface area contributed by atoms with Crippen molar-refractivity contribution < 1.29 is 4.74 Å². The molecule has 6 nitrogen and oxygen atoms in total. The van der Waals surface area contributed by atoms with Crippen LogP contribution in [0.2, 0.25) is 0 Å². The van der Waals surface area contributed by atoms with Crippen LogP contribution in [-0.4, -0.2) is 21.1 Å². The van der Waals surface area contributed by atoms with Crippen LogP contribution in [0, 0.1) is 12.3 Å². The summed E-state index contributed by atoms with van der Waals surface area (Å²) in [4.78, 5) is 32.3. The van der Waals surface area contributed by atoms with Crippen molar-refractivity contribution >= 4 is 10.9 Å². The molecule has 0 saturated carbocycles. The van der Waals surface area contributed by atoms with Gasteiger partial charge in [-0.2, -0.15) is 4.98 Å². The molecule has 6 heteroatoms. The van der Waals surface area contributed by atoms with E-state index in [2.05, 4.69) is 29.7 Å². The second-order valence-electron chi connectivity index (χ2n) is 7.80. The first kappa shape index (κ1) is 21.1. The van der Waals surface area contributed by atoms with Gasteiger partial charge in [-0.3, -0.25) is 9.36 Å². The van der Waals surface area contributed by atoms with Crippen molar-refractivity contribution in [3.05, 3.63) is 92.8 Å². The van der Waals surface area contributed by atoms with Gasteiger partial charge in [0.15, 0.2) is 0 Å². The Labute approximate surface area is 185 Å². The minimum absolute atomic E-state index is 0.107. The first-order valence-corrected chi connectivity index (χ1v) is 10.4. The zero-order valence-electron chi connectivity index (χ0n) is 18.0. The van der Waals surface area contributed by atoms with Crippen molar-refractivity contribution in [1.29, 1.82) is 0 Å². The Morgan fingerprint density at radius 3 is 2.59 bits per heavy atom. The van der Waals surface area contributed by atoms with E-state index in [1.807, 2.05) is 30.3 Å². The summed E-state index contributed by atoms with van der Waals surface area (Å²) in [6, 6.07) is 16.8. The first-order chi connectivity index (χ1) is 15.5. The average Bonchev–Trinajstić information content (AvgIpc) is 2.80. The fourth-order valence-electron chi connectivity index (χ4n) is 3.62. The molecule has 0 aliphatic heterocycles. The Morgan fingerprint density at radius 1 is 1.12 bits per heavy atom. The normalized spacial score (nSPS) is 10.9. The summed E-state index contributed by atoms with van der Waals surface area (Å²) in [7, 11) is 0. The van der Waals surface area contributed by atoms with E-state index >= 15 is 0 Å². The van der Waals surface area contributed by atoms with Crippen LogP contribution in [0.5, 0.6) is 5.75 Å². The SMILES string of the molecule is C#CCOc1ccc2c(c1)c(-c1ccc(C(C)C)cc1)nc(=O)n2Cc1ccc[nH]c1=O. The molecule has 2 aromatic carbocycles. The van der Waals surface area contributed by atoms with Crippen LogP contribution in [0.25, 0.3) is 22.2 Å².